The van der Waals surface area contributed by atoms with E-state index in [1.165, 1.54) is 24.1 Å². The maximum absolute atomic E-state index is 12.1. The summed E-state index contributed by atoms with van der Waals surface area (Å²) in [5.74, 6) is 1.68. The highest BCUT2D eigenvalue weighted by molar-refractivity contribution is 14.0. The van der Waals surface area contributed by atoms with Crippen molar-refractivity contribution >= 4 is 47.2 Å². The molecule has 7 heteroatoms. The molecule has 1 unspecified atom stereocenters. The first-order chi connectivity index (χ1) is 12.2. The summed E-state index contributed by atoms with van der Waals surface area (Å²) in [6, 6.07) is 4.24. The molecule has 0 spiro atoms. The molecule has 1 amide bonds. The summed E-state index contributed by atoms with van der Waals surface area (Å²) in [6.07, 6.45) is 5.75. The van der Waals surface area contributed by atoms with Crippen molar-refractivity contribution in [2.24, 2.45) is 10.9 Å². The minimum atomic E-state index is 0. The molecule has 1 fully saturated rings. The highest BCUT2D eigenvalue weighted by atomic mass is 127. The third-order valence-corrected chi connectivity index (χ3v) is 5.69. The van der Waals surface area contributed by atoms with Crippen LogP contribution in [0.25, 0.3) is 0 Å². The number of guanidine groups is 1. The molecule has 0 aliphatic heterocycles. The van der Waals surface area contributed by atoms with Crippen molar-refractivity contribution in [1.29, 1.82) is 0 Å². The molecule has 3 N–H and O–H groups in total. The van der Waals surface area contributed by atoms with Gasteiger partial charge < -0.3 is 16.0 Å². The van der Waals surface area contributed by atoms with Gasteiger partial charge >= 0.3 is 0 Å². The number of halogens is 1. The van der Waals surface area contributed by atoms with Crippen LogP contribution in [-0.4, -0.2) is 38.0 Å². The number of rotatable bonds is 8. The first-order valence-electron chi connectivity index (χ1n) is 9.54. The second-order valence-corrected chi connectivity index (χ2v) is 7.67. The Hall–Kier alpha value is -0.830. The van der Waals surface area contributed by atoms with Crippen LogP contribution in [0.4, 0.5) is 0 Å². The summed E-state index contributed by atoms with van der Waals surface area (Å²) in [4.78, 5) is 18.2. The van der Waals surface area contributed by atoms with E-state index < -0.39 is 0 Å². The number of thiophene rings is 1. The smallest absolute Gasteiger partial charge is 0.223 e. The Kier molecular flexibility index (Phi) is 11.9. The van der Waals surface area contributed by atoms with Crippen LogP contribution in [-0.2, 0) is 4.79 Å². The molecule has 1 saturated carbocycles. The van der Waals surface area contributed by atoms with Gasteiger partial charge in [0, 0.05) is 36.3 Å². The van der Waals surface area contributed by atoms with Crippen LogP contribution in [0.1, 0.15) is 56.7 Å². The molecule has 1 aliphatic carbocycles. The Morgan fingerprint density at radius 3 is 2.62 bits per heavy atom. The van der Waals surface area contributed by atoms with Crippen LogP contribution >= 0.6 is 35.3 Å². The van der Waals surface area contributed by atoms with Gasteiger partial charge in [0.25, 0.3) is 0 Å². The second kappa shape index (κ2) is 13.4. The van der Waals surface area contributed by atoms with Gasteiger partial charge in [-0.3, -0.25) is 9.79 Å². The molecular weight excluding hydrogens is 459 g/mol. The lowest BCUT2D eigenvalue weighted by molar-refractivity contribution is -0.125. The summed E-state index contributed by atoms with van der Waals surface area (Å²) >= 11 is 1.78. The fraction of sp³-hybridized carbons (Fsp3) is 0.684. The molecular formula is C19H33IN4OS. The highest BCUT2D eigenvalue weighted by Gasteiger charge is 2.20. The van der Waals surface area contributed by atoms with Gasteiger partial charge in [0.1, 0.15) is 0 Å². The number of nitrogens with one attached hydrogen (secondary N) is 3. The van der Waals surface area contributed by atoms with Crippen molar-refractivity contribution in [1.82, 2.24) is 16.0 Å². The Balaban J connectivity index is 0.00000338. The predicted octanol–water partition coefficient (Wildman–Crippen LogP) is 3.72. The molecule has 148 valence electrons. The van der Waals surface area contributed by atoms with Crippen molar-refractivity contribution in [3.8, 4) is 0 Å². The van der Waals surface area contributed by atoms with Gasteiger partial charge in [0.2, 0.25) is 5.91 Å². The van der Waals surface area contributed by atoms with Gasteiger partial charge in [-0.1, -0.05) is 32.3 Å². The standard InChI is InChI=1S/C19H32N4OS.HI/c1-3-20-19(23-14-15(2)17-10-7-13-25-17)22-12-11-21-18(24)16-8-5-4-6-9-16;/h7,10,13,15-16H,3-6,8-9,11-12,14H2,1-2H3,(H,21,24)(H2,20,22,23);1H. The van der Waals surface area contributed by atoms with Crippen LogP contribution in [0, 0.1) is 5.92 Å². The van der Waals surface area contributed by atoms with Gasteiger partial charge in [-0.25, -0.2) is 0 Å². The fourth-order valence-electron chi connectivity index (χ4n) is 3.11. The molecule has 0 aromatic carbocycles. The maximum atomic E-state index is 12.1. The predicted molar refractivity (Wildman–Crippen MR) is 122 cm³/mol. The molecule has 0 bridgehead atoms. The van der Waals surface area contributed by atoms with E-state index in [4.69, 9.17) is 0 Å². The van der Waals surface area contributed by atoms with Crippen molar-refractivity contribution in [3.05, 3.63) is 22.4 Å². The van der Waals surface area contributed by atoms with Gasteiger partial charge in [-0.2, -0.15) is 0 Å². The van der Waals surface area contributed by atoms with E-state index in [1.807, 2.05) is 0 Å². The van der Waals surface area contributed by atoms with Crippen molar-refractivity contribution in [2.45, 2.75) is 51.9 Å². The zero-order valence-corrected chi connectivity index (χ0v) is 19.1. The molecule has 1 aromatic heterocycles. The third-order valence-electron chi connectivity index (χ3n) is 4.59. The van der Waals surface area contributed by atoms with Gasteiger partial charge in [0.05, 0.1) is 6.54 Å². The maximum Gasteiger partial charge on any atom is 0.223 e. The molecule has 1 aromatic rings. The topological polar surface area (TPSA) is 65.5 Å². The Morgan fingerprint density at radius 1 is 1.23 bits per heavy atom. The van der Waals surface area contributed by atoms with Crippen molar-refractivity contribution < 1.29 is 4.79 Å². The summed E-state index contributed by atoms with van der Waals surface area (Å²) in [5, 5.41) is 11.7. The monoisotopic (exact) mass is 492 g/mol. The number of hydrogen-bond acceptors (Lipinski definition) is 3. The number of nitrogens with zero attached hydrogens (tertiary/aromatic N) is 1. The molecule has 1 atom stereocenters. The summed E-state index contributed by atoms with van der Waals surface area (Å²) < 4.78 is 0. The van der Waals surface area contributed by atoms with E-state index in [-0.39, 0.29) is 35.8 Å². The molecule has 1 heterocycles. The average molecular weight is 492 g/mol. The van der Waals surface area contributed by atoms with E-state index >= 15 is 0 Å². The SMILES string of the molecule is CCNC(=NCC(C)c1cccs1)NCCNC(=O)C1CCCCC1.I. The largest absolute Gasteiger partial charge is 0.357 e. The lowest BCUT2D eigenvalue weighted by atomic mass is 9.89. The summed E-state index contributed by atoms with van der Waals surface area (Å²) in [6.45, 7) is 7.17. The molecule has 2 rings (SSSR count). The van der Waals surface area contributed by atoms with Gasteiger partial charge in [-0.05, 0) is 31.2 Å². The quantitative estimate of drug-likeness (QED) is 0.224. The highest BCUT2D eigenvalue weighted by Crippen LogP contribution is 2.23. The van der Waals surface area contributed by atoms with Crippen molar-refractivity contribution in [3.63, 3.8) is 0 Å². The molecule has 26 heavy (non-hydrogen) atoms. The Labute approximate surface area is 178 Å². The van der Waals surface area contributed by atoms with E-state index in [0.29, 0.717) is 19.0 Å². The summed E-state index contributed by atoms with van der Waals surface area (Å²) in [5.41, 5.74) is 0. The first kappa shape index (κ1) is 23.2. The number of carbonyl (C=O) groups excluding carboxylic acids is 1. The van der Waals surface area contributed by atoms with Crippen LogP contribution < -0.4 is 16.0 Å². The zero-order valence-electron chi connectivity index (χ0n) is 15.9. The van der Waals surface area contributed by atoms with Gasteiger partial charge in [-0.15, -0.1) is 35.3 Å². The van der Waals surface area contributed by atoms with E-state index in [1.54, 1.807) is 11.3 Å². The lowest BCUT2D eigenvalue weighted by Crippen LogP contribution is -2.42. The number of aliphatic imine (C=N–C) groups is 1. The van der Waals surface area contributed by atoms with Crippen LogP contribution in [0.15, 0.2) is 22.5 Å². The number of hydrogen-bond donors (Lipinski definition) is 3. The van der Waals surface area contributed by atoms with Crippen LogP contribution in [0.2, 0.25) is 0 Å². The van der Waals surface area contributed by atoms with Crippen molar-refractivity contribution in [2.75, 3.05) is 26.2 Å². The second-order valence-electron chi connectivity index (χ2n) is 6.69. The lowest BCUT2D eigenvalue weighted by Gasteiger charge is -2.21. The van der Waals surface area contributed by atoms with Crippen LogP contribution in [0.3, 0.4) is 0 Å². The molecule has 0 radical (unpaired) electrons. The van der Waals surface area contributed by atoms with E-state index in [0.717, 1.165) is 31.9 Å². The number of carbonyl (C=O) groups is 1. The van der Waals surface area contributed by atoms with Crippen LogP contribution in [0.5, 0.6) is 0 Å². The zero-order chi connectivity index (χ0) is 17.9. The average Bonchev–Trinajstić information content (AvgIpc) is 3.18. The Bertz CT molecular complexity index is 530. The third kappa shape index (κ3) is 8.24. The molecule has 1 aliphatic rings. The van der Waals surface area contributed by atoms with Gasteiger partial charge in [0.15, 0.2) is 5.96 Å². The number of amides is 1. The van der Waals surface area contributed by atoms with E-state index in [2.05, 4.69) is 52.3 Å². The summed E-state index contributed by atoms with van der Waals surface area (Å²) in [7, 11) is 0. The normalized spacial score (nSPS) is 16.5. The Morgan fingerprint density at radius 2 is 1.96 bits per heavy atom. The minimum absolute atomic E-state index is 0. The van der Waals surface area contributed by atoms with E-state index in [9.17, 15) is 4.79 Å². The minimum Gasteiger partial charge on any atom is -0.357 e. The molecule has 0 saturated heterocycles. The molecule has 5 nitrogen and oxygen atoms in total. The first-order valence-corrected chi connectivity index (χ1v) is 10.4. The fourth-order valence-corrected chi connectivity index (χ4v) is 3.89.